The Labute approximate surface area is 175 Å². The molecule has 4 rings (SSSR count). The van der Waals surface area contributed by atoms with Crippen LogP contribution in [0.4, 0.5) is 13.2 Å². The zero-order chi connectivity index (χ0) is 21.1. The first-order chi connectivity index (χ1) is 14.4. The van der Waals surface area contributed by atoms with Gasteiger partial charge in [-0.15, -0.1) is 13.2 Å². The van der Waals surface area contributed by atoms with Crippen LogP contribution in [-0.2, 0) is 4.74 Å². The van der Waals surface area contributed by atoms with E-state index >= 15 is 0 Å². The number of hydrogen-bond acceptors (Lipinski definition) is 4. The number of nitrogens with zero attached hydrogens (tertiary/aromatic N) is 3. The lowest BCUT2D eigenvalue weighted by molar-refractivity contribution is -0.274. The zero-order valence-corrected chi connectivity index (χ0v) is 17.2. The van der Waals surface area contributed by atoms with E-state index in [1.807, 2.05) is 0 Å². The summed E-state index contributed by atoms with van der Waals surface area (Å²) in [5.74, 6) is 1.31. The Morgan fingerprint density at radius 1 is 1.23 bits per heavy atom. The average Bonchev–Trinajstić information content (AvgIpc) is 3.33. The van der Waals surface area contributed by atoms with Crippen LogP contribution in [0.15, 0.2) is 29.3 Å². The van der Waals surface area contributed by atoms with Crippen molar-refractivity contribution in [1.82, 2.24) is 15.1 Å². The maximum atomic E-state index is 12.7. The maximum Gasteiger partial charge on any atom is 0.573 e. The van der Waals surface area contributed by atoms with E-state index in [9.17, 15) is 13.2 Å². The fourth-order valence-electron chi connectivity index (χ4n) is 4.49. The quantitative estimate of drug-likeness (QED) is 0.580. The summed E-state index contributed by atoms with van der Waals surface area (Å²) in [6.45, 7) is 6.57. The third-order valence-electron chi connectivity index (χ3n) is 6.07. The lowest BCUT2D eigenvalue weighted by Gasteiger charge is -2.29. The van der Waals surface area contributed by atoms with Crippen molar-refractivity contribution in [2.45, 2.75) is 31.2 Å². The van der Waals surface area contributed by atoms with Gasteiger partial charge in [0.2, 0.25) is 0 Å². The number of guanidine groups is 1. The SMILES string of the molecule is CN=C(NC1CC1c1ccccc1OC(F)(F)F)N1CCC(CN2CCOCC2)C1. The lowest BCUT2D eigenvalue weighted by Crippen LogP contribution is -2.43. The first-order valence-corrected chi connectivity index (χ1v) is 10.6. The van der Waals surface area contributed by atoms with E-state index in [1.165, 1.54) is 6.07 Å². The predicted molar refractivity (Wildman–Crippen MR) is 108 cm³/mol. The molecule has 3 fully saturated rings. The molecule has 1 aromatic rings. The minimum absolute atomic E-state index is 0.00736. The molecule has 2 saturated heterocycles. The monoisotopic (exact) mass is 426 g/mol. The van der Waals surface area contributed by atoms with Crippen molar-refractivity contribution in [3.05, 3.63) is 29.8 Å². The van der Waals surface area contributed by atoms with Crippen LogP contribution < -0.4 is 10.1 Å². The van der Waals surface area contributed by atoms with E-state index in [0.29, 0.717) is 11.5 Å². The Morgan fingerprint density at radius 2 is 2.00 bits per heavy atom. The Morgan fingerprint density at radius 3 is 2.73 bits per heavy atom. The third kappa shape index (κ3) is 5.37. The highest BCUT2D eigenvalue weighted by Crippen LogP contribution is 2.45. The second kappa shape index (κ2) is 9.01. The van der Waals surface area contributed by atoms with Gasteiger partial charge in [0.25, 0.3) is 0 Å². The standard InChI is InChI=1S/C21H29F3N4O2/c1-25-20(28-7-6-15(14-28)13-27-8-10-29-11-9-27)26-18-12-17(18)16-4-2-3-5-19(16)30-21(22,23)24/h2-5,15,17-18H,6-14H2,1H3,(H,25,26). The fraction of sp³-hybridized carbons (Fsp3) is 0.667. The second-order valence-corrected chi connectivity index (χ2v) is 8.24. The van der Waals surface area contributed by atoms with Crippen molar-refractivity contribution in [3.8, 4) is 5.75 Å². The number of likely N-dealkylation sites (tertiary alicyclic amines) is 1. The van der Waals surface area contributed by atoms with Crippen molar-refractivity contribution in [2.24, 2.45) is 10.9 Å². The molecule has 1 N–H and O–H groups in total. The molecule has 3 atom stereocenters. The van der Waals surface area contributed by atoms with Crippen LogP contribution in [0.5, 0.6) is 5.75 Å². The van der Waals surface area contributed by atoms with Crippen molar-refractivity contribution < 1.29 is 22.6 Å². The normalized spacial score (nSPS) is 27.9. The summed E-state index contributed by atoms with van der Waals surface area (Å²) in [6, 6.07) is 6.47. The number of hydrogen-bond donors (Lipinski definition) is 1. The largest absolute Gasteiger partial charge is 0.573 e. The molecule has 6 nitrogen and oxygen atoms in total. The van der Waals surface area contributed by atoms with Gasteiger partial charge in [-0.05, 0) is 30.4 Å². The number of para-hydroxylation sites is 1. The molecule has 3 aliphatic rings. The van der Waals surface area contributed by atoms with E-state index in [0.717, 1.165) is 64.7 Å². The Hall–Kier alpha value is -2.00. The molecule has 1 aliphatic carbocycles. The van der Waals surface area contributed by atoms with Crippen LogP contribution in [-0.4, -0.2) is 81.1 Å². The van der Waals surface area contributed by atoms with Crippen molar-refractivity contribution in [1.29, 1.82) is 0 Å². The van der Waals surface area contributed by atoms with Gasteiger partial charge in [0.1, 0.15) is 5.75 Å². The van der Waals surface area contributed by atoms with E-state index in [4.69, 9.17) is 4.74 Å². The first-order valence-electron chi connectivity index (χ1n) is 10.6. The van der Waals surface area contributed by atoms with E-state index < -0.39 is 6.36 Å². The summed E-state index contributed by atoms with van der Waals surface area (Å²) >= 11 is 0. The summed E-state index contributed by atoms with van der Waals surface area (Å²) in [5.41, 5.74) is 0.592. The van der Waals surface area contributed by atoms with Crippen LogP contribution in [0, 0.1) is 5.92 Å². The molecule has 0 bridgehead atoms. The second-order valence-electron chi connectivity index (χ2n) is 8.24. The van der Waals surface area contributed by atoms with Crippen LogP contribution >= 0.6 is 0 Å². The number of ether oxygens (including phenoxy) is 2. The zero-order valence-electron chi connectivity index (χ0n) is 17.2. The smallest absolute Gasteiger partial charge is 0.405 e. The van der Waals surface area contributed by atoms with E-state index in [-0.39, 0.29) is 17.7 Å². The van der Waals surface area contributed by atoms with Gasteiger partial charge in [-0.2, -0.15) is 0 Å². The summed E-state index contributed by atoms with van der Waals surface area (Å²) in [5, 5.41) is 3.45. The van der Waals surface area contributed by atoms with Gasteiger partial charge >= 0.3 is 6.36 Å². The van der Waals surface area contributed by atoms with Crippen molar-refractivity contribution >= 4 is 5.96 Å². The number of morpholine rings is 1. The molecule has 3 unspecified atom stereocenters. The summed E-state index contributed by atoms with van der Waals surface area (Å²) in [4.78, 5) is 9.15. The summed E-state index contributed by atoms with van der Waals surface area (Å²) in [7, 11) is 1.76. The molecule has 166 valence electrons. The Bertz CT molecular complexity index is 752. The van der Waals surface area contributed by atoms with Gasteiger partial charge in [0, 0.05) is 51.7 Å². The molecule has 1 saturated carbocycles. The summed E-state index contributed by atoms with van der Waals surface area (Å²) < 4.78 is 47.7. The van der Waals surface area contributed by atoms with Gasteiger partial charge in [0.15, 0.2) is 5.96 Å². The molecular formula is C21H29F3N4O2. The van der Waals surface area contributed by atoms with Crippen LogP contribution in [0.1, 0.15) is 24.3 Å². The van der Waals surface area contributed by atoms with E-state index in [2.05, 4.69) is 24.8 Å². The van der Waals surface area contributed by atoms with Gasteiger partial charge in [-0.25, -0.2) is 0 Å². The highest BCUT2D eigenvalue weighted by Gasteiger charge is 2.43. The maximum absolute atomic E-state index is 12.7. The predicted octanol–water partition coefficient (Wildman–Crippen LogP) is 2.67. The van der Waals surface area contributed by atoms with Gasteiger partial charge < -0.3 is 19.7 Å². The topological polar surface area (TPSA) is 49.3 Å². The highest BCUT2D eigenvalue weighted by molar-refractivity contribution is 5.81. The minimum atomic E-state index is -4.69. The average molecular weight is 426 g/mol. The molecule has 2 aliphatic heterocycles. The Kier molecular flexibility index (Phi) is 6.38. The molecular weight excluding hydrogens is 397 g/mol. The van der Waals surface area contributed by atoms with Gasteiger partial charge in [-0.1, -0.05) is 18.2 Å². The van der Waals surface area contributed by atoms with E-state index in [1.54, 1.807) is 25.2 Å². The number of aliphatic imine (C=N–C) groups is 1. The molecule has 0 amide bonds. The summed E-state index contributed by atoms with van der Waals surface area (Å²) in [6.07, 6.45) is -2.80. The number of halogens is 3. The van der Waals surface area contributed by atoms with Crippen LogP contribution in [0.25, 0.3) is 0 Å². The first kappa shape index (κ1) is 21.2. The molecule has 0 aromatic heterocycles. The van der Waals surface area contributed by atoms with Crippen LogP contribution in [0.2, 0.25) is 0 Å². The third-order valence-corrected chi connectivity index (χ3v) is 6.07. The van der Waals surface area contributed by atoms with Gasteiger partial charge in [-0.3, -0.25) is 9.89 Å². The number of alkyl halides is 3. The molecule has 1 aromatic carbocycles. The number of nitrogens with one attached hydrogen (secondary N) is 1. The van der Waals surface area contributed by atoms with Gasteiger partial charge in [0.05, 0.1) is 13.2 Å². The van der Waals surface area contributed by atoms with Crippen LogP contribution in [0.3, 0.4) is 0 Å². The number of rotatable bonds is 5. The minimum Gasteiger partial charge on any atom is -0.405 e. The molecule has 0 spiro atoms. The molecule has 0 radical (unpaired) electrons. The fourth-order valence-corrected chi connectivity index (χ4v) is 4.49. The Balaban J connectivity index is 1.31. The highest BCUT2D eigenvalue weighted by atomic mass is 19.4. The lowest BCUT2D eigenvalue weighted by atomic mass is 10.1. The van der Waals surface area contributed by atoms with Crippen molar-refractivity contribution in [2.75, 3.05) is 53.0 Å². The molecule has 30 heavy (non-hydrogen) atoms. The molecule has 2 heterocycles. The number of benzene rings is 1. The van der Waals surface area contributed by atoms with Crippen molar-refractivity contribution in [3.63, 3.8) is 0 Å². The molecule has 9 heteroatoms.